The Labute approximate surface area is 202 Å². The van der Waals surface area contributed by atoms with E-state index in [1.807, 2.05) is 50.2 Å². The van der Waals surface area contributed by atoms with E-state index in [2.05, 4.69) is 0 Å². The Hall–Kier alpha value is -4.26. The number of aryl methyl sites for hydroxylation is 3. The molecule has 0 radical (unpaired) electrons. The molecule has 0 fully saturated rings. The molecule has 0 bridgehead atoms. The predicted molar refractivity (Wildman–Crippen MR) is 131 cm³/mol. The minimum absolute atomic E-state index is 0.111. The van der Waals surface area contributed by atoms with Gasteiger partial charge in [-0.1, -0.05) is 30.3 Å². The minimum Gasteiger partial charge on any atom is -0.452 e. The maximum atomic E-state index is 13.1. The van der Waals surface area contributed by atoms with Crippen molar-refractivity contribution in [2.75, 3.05) is 23.0 Å². The molecule has 176 valence electrons. The van der Waals surface area contributed by atoms with E-state index in [4.69, 9.17) is 4.74 Å². The third-order valence-corrected chi connectivity index (χ3v) is 6.47. The maximum absolute atomic E-state index is 13.1. The monoisotopic (exact) mass is 468 g/mol. The Morgan fingerprint density at radius 2 is 1.66 bits per heavy atom. The van der Waals surface area contributed by atoms with Gasteiger partial charge in [0, 0.05) is 12.2 Å². The summed E-state index contributed by atoms with van der Waals surface area (Å²) in [5.74, 6) is -1.96. The normalized spacial score (nSPS) is 14.6. The molecule has 0 atom stereocenters. The molecule has 3 aromatic rings. The van der Waals surface area contributed by atoms with Gasteiger partial charge in [-0.25, -0.2) is 9.69 Å². The van der Waals surface area contributed by atoms with E-state index < -0.39 is 24.4 Å². The number of ether oxygens (including phenoxy) is 1. The third-order valence-electron chi connectivity index (χ3n) is 6.47. The van der Waals surface area contributed by atoms with Crippen LogP contribution in [0.25, 0.3) is 0 Å². The van der Waals surface area contributed by atoms with E-state index in [0.717, 1.165) is 40.1 Å². The molecule has 2 aliphatic heterocycles. The molecule has 35 heavy (non-hydrogen) atoms. The molecule has 0 aromatic heterocycles. The van der Waals surface area contributed by atoms with E-state index in [1.165, 1.54) is 18.2 Å². The van der Waals surface area contributed by atoms with Crippen LogP contribution in [0, 0.1) is 13.8 Å². The Morgan fingerprint density at radius 3 is 2.49 bits per heavy atom. The number of carbonyl (C=O) groups excluding carboxylic acids is 4. The quantitative estimate of drug-likeness (QED) is 0.422. The van der Waals surface area contributed by atoms with Crippen LogP contribution >= 0.6 is 0 Å². The molecule has 0 aliphatic carbocycles. The van der Waals surface area contributed by atoms with Crippen molar-refractivity contribution in [3.63, 3.8) is 0 Å². The molecule has 2 heterocycles. The number of imide groups is 1. The fourth-order valence-corrected chi connectivity index (χ4v) is 4.63. The van der Waals surface area contributed by atoms with Gasteiger partial charge in [-0.2, -0.15) is 0 Å². The molecule has 0 N–H and O–H groups in total. The Bertz CT molecular complexity index is 1390. The number of hydrogen-bond donors (Lipinski definition) is 0. The number of esters is 1. The fourth-order valence-electron chi connectivity index (χ4n) is 4.63. The van der Waals surface area contributed by atoms with Crippen molar-refractivity contribution in [2.24, 2.45) is 0 Å². The van der Waals surface area contributed by atoms with Crippen molar-refractivity contribution in [1.82, 2.24) is 0 Å². The smallest absolute Gasteiger partial charge is 0.338 e. The first kappa shape index (κ1) is 22.5. The summed E-state index contributed by atoms with van der Waals surface area (Å²) >= 11 is 0. The van der Waals surface area contributed by atoms with E-state index in [9.17, 15) is 19.2 Å². The first-order valence-electron chi connectivity index (χ1n) is 11.5. The van der Waals surface area contributed by atoms with Gasteiger partial charge in [-0.3, -0.25) is 14.4 Å². The lowest BCUT2D eigenvalue weighted by Gasteiger charge is -2.29. The number of rotatable bonds is 4. The van der Waals surface area contributed by atoms with Crippen LogP contribution < -0.4 is 9.80 Å². The lowest BCUT2D eigenvalue weighted by atomic mass is 10.0. The van der Waals surface area contributed by atoms with Gasteiger partial charge >= 0.3 is 5.97 Å². The summed E-state index contributed by atoms with van der Waals surface area (Å²) in [6, 6.07) is 17.5. The van der Waals surface area contributed by atoms with E-state index in [0.29, 0.717) is 12.2 Å². The summed E-state index contributed by atoms with van der Waals surface area (Å²) < 4.78 is 5.29. The minimum atomic E-state index is -0.725. The average molecular weight is 469 g/mol. The lowest BCUT2D eigenvalue weighted by molar-refractivity contribution is -0.121. The van der Waals surface area contributed by atoms with Crippen molar-refractivity contribution in [2.45, 2.75) is 26.7 Å². The summed E-state index contributed by atoms with van der Waals surface area (Å²) in [5, 5.41) is 0. The highest BCUT2D eigenvalue weighted by atomic mass is 16.5. The Morgan fingerprint density at radius 1 is 0.886 bits per heavy atom. The topological polar surface area (TPSA) is 84.0 Å². The zero-order valence-electron chi connectivity index (χ0n) is 19.5. The summed E-state index contributed by atoms with van der Waals surface area (Å²) in [6.07, 6.45) is 1.75. The molecular weight excluding hydrogens is 444 g/mol. The predicted octanol–water partition coefficient (Wildman–Crippen LogP) is 4.24. The van der Waals surface area contributed by atoms with Gasteiger partial charge in [0.25, 0.3) is 17.7 Å². The largest absolute Gasteiger partial charge is 0.452 e. The molecule has 2 aliphatic rings. The van der Waals surface area contributed by atoms with Crippen LogP contribution in [0.4, 0.5) is 11.4 Å². The highest BCUT2D eigenvalue weighted by molar-refractivity contribution is 6.35. The number of para-hydroxylation sites is 1. The fraction of sp³-hybridized carbons (Fsp3) is 0.214. The van der Waals surface area contributed by atoms with Gasteiger partial charge in [0.15, 0.2) is 6.61 Å². The first-order valence-corrected chi connectivity index (χ1v) is 11.5. The van der Waals surface area contributed by atoms with E-state index in [-0.39, 0.29) is 22.6 Å². The number of amides is 3. The summed E-state index contributed by atoms with van der Waals surface area (Å²) in [4.78, 5) is 54.4. The summed E-state index contributed by atoms with van der Waals surface area (Å²) in [6.45, 7) is 3.88. The van der Waals surface area contributed by atoms with Crippen LogP contribution in [0.1, 0.15) is 54.2 Å². The highest BCUT2D eigenvalue weighted by Crippen LogP contribution is 2.32. The molecule has 0 spiro atoms. The number of hydrogen-bond acceptors (Lipinski definition) is 5. The number of benzene rings is 3. The van der Waals surface area contributed by atoms with Crippen molar-refractivity contribution in [3.8, 4) is 0 Å². The molecule has 0 unspecified atom stereocenters. The van der Waals surface area contributed by atoms with Crippen LogP contribution in [0.5, 0.6) is 0 Å². The van der Waals surface area contributed by atoms with Gasteiger partial charge in [0.05, 0.1) is 22.4 Å². The maximum Gasteiger partial charge on any atom is 0.338 e. The molecule has 7 heteroatoms. The molecule has 3 amide bonds. The first-order chi connectivity index (χ1) is 16.8. The van der Waals surface area contributed by atoms with Gasteiger partial charge in [0.2, 0.25) is 0 Å². The van der Waals surface area contributed by atoms with E-state index in [1.54, 1.807) is 11.0 Å². The van der Waals surface area contributed by atoms with Crippen LogP contribution in [-0.4, -0.2) is 36.8 Å². The van der Waals surface area contributed by atoms with Gasteiger partial charge < -0.3 is 9.64 Å². The standard InChI is InChI=1S/C28H24N2O5/c1-17-9-10-18(2)24(14-17)30-26(32)21-12-11-20(15-22(21)27(30)33)28(34)35-16-25(31)29-13-5-7-19-6-3-4-8-23(19)29/h3-4,6,8-12,14-15H,5,7,13,16H2,1-2H3. The number of anilines is 2. The highest BCUT2D eigenvalue weighted by Gasteiger charge is 2.38. The van der Waals surface area contributed by atoms with Crippen LogP contribution in [0.2, 0.25) is 0 Å². The second kappa shape index (κ2) is 8.83. The Balaban J connectivity index is 1.32. The molecule has 3 aromatic carbocycles. The molecule has 0 saturated carbocycles. The van der Waals surface area contributed by atoms with E-state index >= 15 is 0 Å². The van der Waals surface area contributed by atoms with Gasteiger partial charge in [-0.15, -0.1) is 0 Å². The SMILES string of the molecule is Cc1ccc(C)c(N2C(=O)c3ccc(C(=O)OCC(=O)N4CCCc5ccccc54)cc3C2=O)c1. The van der Waals surface area contributed by atoms with Crippen molar-refractivity contribution >= 4 is 35.1 Å². The van der Waals surface area contributed by atoms with Crippen molar-refractivity contribution in [1.29, 1.82) is 0 Å². The third kappa shape index (κ3) is 3.99. The molecule has 7 nitrogen and oxygen atoms in total. The van der Waals surface area contributed by atoms with Crippen LogP contribution in [-0.2, 0) is 16.0 Å². The van der Waals surface area contributed by atoms with Crippen LogP contribution in [0.15, 0.2) is 60.7 Å². The number of nitrogens with zero attached hydrogens (tertiary/aromatic N) is 2. The zero-order valence-corrected chi connectivity index (χ0v) is 19.5. The second-order valence-corrected chi connectivity index (χ2v) is 8.85. The van der Waals surface area contributed by atoms with Gasteiger partial charge in [-0.05, 0) is 73.7 Å². The Kier molecular flexibility index (Phi) is 5.68. The molecule has 5 rings (SSSR count). The lowest BCUT2D eigenvalue weighted by Crippen LogP contribution is -2.38. The molecular formula is C28H24N2O5. The van der Waals surface area contributed by atoms with Crippen molar-refractivity contribution < 1.29 is 23.9 Å². The zero-order chi connectivity index (χ0) is 24.7. The van der Waals surface area contributed by atoms with Crippen molar-refractivity contribution in [3.05, 3.63) is 94.0 Å². The van der Waals surface area contributed by atoms with Crippen LogP contribution in [0.3, 0.4) is 0 Å². The molecule has 0 saturated heterocycles. The summed E-state index contributed by atoms with van der Waals surface area (Å²) in [7, 11) is 0. The number of fused-ring (bicyclic) bond motifs is 2. The average Bonchev–Trinajstić information content (AvgIpc) is 3.12. The summed E-state index contributed by atoms with van der Waals surface area (Å²) in [5.41, 5.74) is 4.65. The van der Waals surface area contributed by atoms with Gasteiger partial charge in [0.1, 0.15) is 0 Å². The second-order valence-electron chi connectivity index (χ2n) is 8.85. The number of carbonyl (C=O) groups is 4.